The number of amides is 1. The Morgan fingerprint density at radius 2 is 2.33 bits per heavy atom. The van der Waals surface area contributed by atoms with Gasteiger partial charge in [-0.2, -0.15) is 0 Å². The van der Waals surface area contributed by atoms with E-state index in [-0.39, 0.29) is 11.5 Å². The zero-order chi connectivity index (χ0) is 13.0. The fourth-order valence-electron chi connectivity index (χ4n) is 2.13. The van der Waals surface area contributed by atoms with E-state index in [4.69, 9.17) is 4.74 Å². The summed E-state index contributed by atoms with van der Waals surface area (Å²) in [6.45, 7) is 0.685. The minimum Gasteiger partial charge on any atom is -0.376 e. The van der Waals surface area contributed by atoms with Crippen LogP contribution in [0.25, 0.3) is 0 Å². The Hall–Kier alpha value is -1.62. The highest BCUT2D eigenvalue weighted by molar-refractivity contribution is 5.98. The second-order valence-electron chi connectivity index (χ2n) is 4.57. The van der Waals surface area contributed by atoms with Crippen LogP contribution in [0.3, 0.4) is 0 Å². The number of anilines is 1. The maximum absolute atomic E-state index is 11.7. The molecule has 0 atom stereocenters. The number of hydrogen-bond acceptors (Lipinski definition) is 4. The molecule has 2 rings (SSSR count). The molecule has 5 nitrogen and oxygen atoms in total. The number of hydrogen-bond donors (Lipinski definition) is 2. The molecule has 1 aliphatic rings. The summed E-state index contributed by atoms with van der Waals surface area (Å²) in [4.78, 5) is 15.9. The molecule has 98 valence electrons. The van der Waals surface area contributed by atoms with Crippen LogP contribution in [0.5, 0.6) is 0 Å². The zero-order valence-corrected chi connectivity index (χ0v) is 10.8. The van der Waals surface area contributed by atoms with Gasteiger partial charge in [-0.05, 0) is 31.4 Å². The Morgan fingerprint density at radius 3 is 2.89 bits per heavy atom. The summed E-state index contributed by atoms with van der Waals surface area (Å²) in [5.41, 5.74) is 0.475. The first-order valence-electron chi connectivity index (χ1n) is 6.17. The van der Waals surface area contributed by atoms with E-state index in [9.17, 15) is 4.79 Å². The standard InChI is InChI=1S/C13H19N3O2/c1-14-12(17)10-5-3-8-15-11(10)16-9-13(18-2)6-4-7-13/h3,5,8H,4,6-7,9H2,1-2H3,(H,14,17)(H,15,16). The van der Waals surface area contributed by atoms with E-state index in [0.717, 1.165) is 12.8 Å². The third kappa shape index (κ3) is 2.46. The molecule has 0 unspecified atom stereocenters. The molecular weight excluding hydrogens is 230 g/mol. The van der Waals surface area contributed by atoms with Crippen LogP contribution >= 0.6 is 0 Å². The Labute approximate surface area is 107 Å². The van der Waals surface area contributed by atoms with Crippen molar-refractivity contribution in [2.45, 2.75) is 24.9 Å². The summed E-state index contributed by atoms with van der Waals surface area (Å²) in [5.74, 6) is 0.478. The van der Waals surface area contributed by atoms with E-state index >= 15 is 0 Å². The third-order valence-electron chi connectivity index (χ3n) is 3.56. The highest BCUT2D eigenvalue weighted by Crippen LogP contribution is 2.35. The fraction of sp³-hybridized carbons (Fsp3) is 0.538. The van der Waals surface area contributed by atoms with Gasteiger partial charge in [-0.25, -0.2) is 4.98 Å². The second kappa shape index (κ2) is 5.35. The van der Waals surface area contributed by atoms with Crippen LogP contribution in [-0.2, 0) is 4.74 Å². The topological polar surface area (TPSA) is 63.2 Å². The van der Waals surface area contributed by atoms with Gasteiger partial charge in [0, 0.05) is 26.9 Å². The molecule has 0 aromatic carbocycles. The van der Waals surface area contributed by atoms with E-state index in [1.54, 1.807) is 32.5 Å². The minimum atomic E-state index is -0.134. The van der Waals surface area contributed by atoms with Gasteiger partial charge in [0.15, 0.2) is 0 Å². The van der Waals surface area contributed by atoms with Gasteiger partial charge >= 0.3 is 0 Å². The Kier molecular flexibility index (Phi) is 3.81. The molecule has 0 bridgehead atoms. The smallest absolute Gasteiger partial charge is 0.254 e. The molecule has 0 spiro atoms. The number of methoxy groups -OCH3 is 1. The van der Waals surface area contributed by atoms with E-state index < -0.39 is 0 Å². The van der Waals surface area contributed by atoms with Gasteiger partial charge in [0.25, 0.3) is 5.91 Å². The average molecular weight is 249 g/mol. The van der Waals surface area contributed by atoms with Gasteiger partial charge in [0.05, 0.1) is 11.2 Å². The van der Waals surface area contributed by atoms with Crippen LogP contribution in [-0.4, -0.2) is 37.2 Å². The lowest BCUT2D eigenvalue weighted by atomic mass is 9.80. The zero-order valence-electron chi connectivity index (χ0n) is 10.8. The van der Waals surface area contributed by atoms with Crippen molar-refractivity contribution in [2.24, 2.45) is 0 Å². The largest absolute Gasteiger partial charge is 0.376 e. The molecule has 1 fully saturated rings. The van der Waals surface area contributed by atoms with E-state index in [2.05, 4.69) is 15.6 Å². The van der Waals surface area contributed by atoms with Crippen molar-refractivity contribution in [3.8, 4) is 0 Å². The van der Waals surface area contributed by atoms with Crippen LogP contribution in [0.1, 0.15) is 29.6 Å². The Morgan fingerprint density at radius 1 is 1.56 bits per heavy atom. The lowest BCUT2D eigenvalue weighted by Crippen LogP contribution is -2.45. The van der Waals surface area contributed by atoms with Gasteiger partial charge in [-0.1, -0.05) is 0 Å². The molecule has 0 saturated heterocycles. The number of carbonyl (C=O) groups excluding carboxylic acids is 1. The van der Waals surface area contributed by atoms with Crippen LogP contribution in [0.15, 0.2) is 18.3 Å². The summed E-state index contributed by atoms with van der Waals surface area (Å²) in [6, 6.07) is 3.51. The highest BCUT2D eigenvalue weighted by Gasteiger charge is 2.37. The first kappa shape index (κ1) is 12.8. The normalized spacial score (nSPS) is 16.8. The van der Waals surface area contributed by atoms with Gasteiger partial charge in [0.2, 0.25) is 0 Å². The van der Waals surface area contributed by atoms with Crippen molar-refractivity contribution in [3.05, 3.63) is 23.9 Å². The van der Waals surface area contributed by atoms with Crippen molar-refractivity contribution >= 4 is 11.7 Å². The quantitative estimate of drug-likeness (QED) is 0.828. The molecule has 1 aromatic heterocycles. The molecule has 18 heavy (non-hydrogen) atoms. The molecule has 1 aliphatic carbocycles. The molecule has 2 N–H and O–H groups in total. The Balaban J connectivity index is 2.07. The number of pyridine rings is 1. The Bertz CT molecular complexity index is 424. The molecule has 0 aliphatic heterocycles. The van der Waals surface area contributed by atoms with Crippen molar-refractivity contribution in [1.29, 1.82) is 0 Å². The monoisotopic (exact) mass is 249 g/mol. The van der Waals surface area contributed by atoms with Crippen molar-refractivity contribution < 1.29 is 9.53 Å². The molecule has 1 saturated carbocycles. The maximum Gasteiger partial charge on any atom is 0.254 e. The van der Waals surface area contributed by atoms with Crippen LogP contribution in [0.2, 0.25) is 0 Å². The molecule has 0 radical (unpaired) electrons. The minimum absolute atomic E-state index is 0.0858. The van der Waals surface area contributed by atoms with Gasteiger partial charge in [0.1, 0.15) is 5.82 Å². The molecule has 1 amide bonds. The van der Waals surface area contributed by atoms with Crippen molar-refractivity contribution in [3.63, 3.8) is 0 Å². The second-order valence-corrected chi connectivity index (χ2v) is 4.57. The molecule has 1 aromatic rings. The average Bonchev–Trinajstić information content (AvgIpc) is 2.37. The van der Waals surface area contributed by atoms with Crippen LogP contribution < -0.4 is 10.6 Å². The molecule has 5 heteroatoms. The SMILES string of the molecule is CNC(=O)c1cccnc1NCC1(OC)CCC1. The van der Waals surface area contributed by atoms with Gasteiger partial charge < -0.3 is 15.4 Å². The number of nitrogens with zero attached hydrogens (tertiary/aromatic N) is 1. The molecule has 1 heterocycles. The third-order valence-corrected chi connectivity index (χ3v) is 3.56. The van der Waals surface area contributed by atoms with Crippen LogP contribution in [0.4, 0.5) is 5.82 Å². The number of aromatic nitrogens is 1. The lowest BCUT2D eigenvalue weighted by molar-refractivity contribution is -0.0601. The first-order chi connectivity index (χ1) is 8.71. The van der Waals surface area contributed by atoms with E-state index in [0.29, 0.717) is 17.9 Å². The number of carbonyl (C=O) groups is 1. The number of ether oxygens (including phenoxy) is 1. The van der Waals surface area contributed by atoms with E-state index in [1.165, 1.54) is 6.42 Å². The van der Waals surface area contributed by atoms with Gasteiger partial charge in [-0.15, -0.1) is 0 Å². The number of nitrogens with one attached hydrogen (secondary N) is 2. The fourth-order valence-corrected chi connectivity index (χ4v) is 2.13. The first-order valence-corrected chi connectivity index (χ1v) is 6.17. The summed E-state index contributed by atoms with van der Waals surface area (Å²) in [6.07, 6.45) is 4.98. The van der Waals surface area contributed by atoms with E-state index in [1.807, 2.05) is 0 Å². The predicted molar refractivity (Wildman–Crippen MR) is 69.7 cm³/mol. The van der Waals surface area contributed by atoms with Crippen LogP contribution in [0, 0.1) is 0 Å². The van der Waals surface area contributed by atoms with Crippen molar-refractivity contribution in [2.75, 3.05) is 26.0 Å². The summed E-state index contributed by atoms with van der Waals surface area (Å²) >= 11 is 0. The maximum atomic E-state index is 11.7. The summed E-state index contributed by atoms with van der Waals surface area (Å²) < 4.78 is 5.53. The summed E-state index contributed by atoms with van der Waals surface area (Å²) in [5, 5.41) is 5.84. The predicted octanol–water partition coefficient (Wildman–Crippen LogP) is 1.42. The molecular formula is C13H19N3O2. The highest BCUT2D eigenvalue weighted by atomic mass is 16.5. The number of rotatable bonds is 5. The lowest BCUT2D eigenvalue weighted by Gasteiger charge is -2.40. The van der Waals surface area contributed by atoms with Crippen molar-refractivity contribution in [1.82, 2.24) is 10.3 Å². The summed E-state index contributed by atoms with van der Waals surface area (Å²) in [7, 11) is 3.35. The van der Waals surface area contributed by atoms with Gasteiger partial charge in [-0.3, -0.25) is 4.79 Å².